The standard InChI is InChI=1S/C6H6ClNO4/c1-3(9)12-4-2-5(10)8(7)6(4)11/h4H,2H2,1H3. The monoisotopic (exact) mass is 191 g/mol. The smallest absolute Gasteiger partial charge is 0.303 e. The van der Waals surface area contributed by atoms with E-state index in [1.54, 1.807) is 0 Å². The molecule has 0 aromatic rings. The third-order valence-electron chi connectivity index (χ3n) is 1.36. The summed E-state index contributed by atoms with van der Waals surface area (Å²) >= 11 is 5.23. The second-order valence-electron chi connectivity index (χ2n) is 2.32. The first-order valence-corrected chi connectivity index (χ1v) is 3.56. The van der Waals surface area contributed by atoms with E-state index < -0.39 is 23.9 Å². The van der Waals surface area contributed by atoms with Crippen molar-refractivity contribution in [2.75, 3.05) is 0 Å². The molecule has 0 aromatic heterocycles. The van der Waals surface area contributed by atoms with Crippen molar-refractivity contribution in [1.29, 1.82) is 0 Å². The number of rotatable bonds is 1. The van der Waals surface area contributed by atoms with Gasteiger partial charge in [0.25, 0.3) is 5.91 Å². The van der Waals surface area contributed by atoms with Crippen molar-refractivity contribution in [2.45, 2.75) is 19.4 Å². The molecule has 2 amide bonds. The van der Waals surface area contributed by atoms with Crippen LogP contribution in [0.5, 0.6) is 0 Å². The van der Waals surface area contributed by atoms with Gasteiger partial charge in [0.05, 0.1) is 6.42 Å². The van der Waals surface area contributed by atoms with Crippen LogP contribution in [0.4, 0.5) is 0 Å². The summed E-state index contributed by atoms with van der Waals surface area (Å²) in [6.45, 7) is 1.16. The van der Waals surface area contributed by atoms with Gasteiger partial charge in [0.1, 0.15) is 0 Å². The average molecular weight is 192 g/mol. The van der Waals surface area contributed by atoms with E-state index in [0.717, 1.165) is 6.92 Å². The normalized spacial score (nSPS) is 23.2. The van der Waals surface area contributed by atoms with Gasteiger partial charge >= 0.3 is 5.97 Å². The topological polar surface area (TPSA) is 63.7 Å². The molecule has 6 heteroatoms. The average Bonchev–Trinajstić information content (AvgIpc) is 2.17. The number of imide groups is 1. The Morgan fingerprint density at radius 3 is 2.58 bits per heavy atom. The van der Waals surface area contributed by atoms with E-state index in [4.69, 9.17) is 11.8 Å². The predicted octanol–water partition coefficient (Wildman–Crippen LogP) is -0.169. The molecule has 1 unspecified atom stereocenters. The van der Waals surface area contributed by atoms with Crippen molar-refractivity contribution in [3.8, 4) is 0 Å². The van der Waals surface area contributed by atoms with E-state index in [1.807, 2.05) is 0 Å². The van der Waals surface area contributed by atoms with Gasteiger partial charge in [-0.2, -0.15) is 4.42 Å². The highest BCUT2D eigenvalue weighted by Crippen LogP contribution is 2.17. The van der Waals surface area contributed by atoms with Crippen LogP contribution in [0.2, 0.25) is 0 Å². The number of hydrogen-bond donors (Lipinski definition) is 0. The number of ether oxygens (including phenoxy) is 1. The quantitative estimate of drug-likeness (QED) is 0.328. The molecule has 0 saturated carbocycles. The van der Waals surface area contributed by atoms with Crippen LogP contribution >= 0.6 is 11.8 Å². The number of carbonyl (C=O) groups excluding carboxylic acids is 3. The molecule has 0 aromatic carbocycles. The van der Waals surface area contributed by atoms with Crippen LogP contribution < -0.4 is 0 Å². The van der Waals surface area contributed by atoms with Gasteiger partial charge < -0.3 is 4.74 Å². The minimum atomic E-state index is -1.03. The summed E-state index contributed by atoms with van der Waals surface area (Å²) in [7, 11) is 0. The first kappa shape index (κ1) is 8.99. The summed E-state index contributed by atoms with van der Waals surface area (Å²) in [5.41, 5.74) is 0. The minimum Gasteiger partial charge on any atom is -0.452 e. The Kier molecular flexibility index (Phi) is 2.32. The Hall–Kier alpha value is -1.10. The molecule has 0 radical (unpaired) electrons. The van der Waals surface area contributed by atoms with Crippen LogP contribution in [0, 0.1) is 0 Å². The number of nitrogens with zero attached hydrogens (tertiary/aromatic N) is 1. The Morgan fingerprint density at radius 2 is 2.25 bits per heavy atom. The molecule has 5 nitrogen and oxygen atoms in total. The molecule has 66 valence electrons. The molecule has 12 heavy (non-hydrogen) atoms. The Balaban J connectivity index is 2.65. The Bertz CT molecular complexity index is 250. The lowest BCUT2D eigenvalue weighted by atomic mass is 10.3. The molecule has 0 bridgehead atoms. The van der Waals surface area contributed by atoms with Crippen LogP contribution in [0.3, 0.4) is 0 Å². The van der Waals surface area contributed by atoms with Gasteiger partial charge in [0.2, 0.25) is 5.91 Å². The van der Waals surface area contributed by atoms with Crippen molar-refractivity contribution in [3.63, 3.8) is 0 Å². The summed E-state index contributed by atoms with van der Waals surface area (Å²) in [6.07, 6.45) is -1.20. The highest BCUT2D eigenvalue weighted by atomic mass is 35.5. The van der Waals surface area contributed by atoms with Gasteiger partial charge in [-0.25, -0.2) is 0 Å². The molecule has 1 atom stereocenters. The van der Waals surface area contributed by atoms with Gasteiger partial charge in [-0.3, -0.25) is 14.4 Å². The lowest BCUT2D eigenvalue weighted by molar-refractivity contribution is -0.153. The predicted molar refractivity (Wildman–Crippen MR) is 37.9 cm³/mol. The molecule has 0 aliphatic carbocycles. The maximum absolute atomic E-state index is 10.9. The van der Waals surface area contributed by atoms with Crippen molar-refractivity contribution >= 4 is 29.6 Å². The second kappa shape index (κ2) is 3.10. The van der Waals surface area contributed by atoms with Crippen LogP contribution in [0.1, 0.15) is 13.3 Å². The highest BCUT2D eigenvalue weighted by Gasteiger charge is 2.40. The molecule has 1 saturated heterocycles. The van der Waals surface area contributed by atoms with Crippen molar-refractivity contribution in [2.24, 2.45) is 0 Å². The zero-order valence-corrected chi connectivity index (χ0v) is 7.00. The molecular weight excluding hydrogens is 186 g/mol. The number of esters is 1. The molecule has 1 aliphatic heterocycles. The van der Waals surface area contributed by atoms with Crippen LogP contribution in [-0.2, 0) is 19.1 Å². The summed E-state index contributed by atoms with van der Waals surface area (Å²) in [5.74, 6) is -1.84. The molecule has 1 fully saturated rings. The summed E-state index contributed by atoms with van der Waals surface area (Å²) in [5, 5.41) is 0. The van der Waals surface area contributed by atoms with Gasteiger partial charge in [-0.15, -0.1) is 0 Å². The molecule has 1 aliphatic rings. The zero-order valence-electron chi connectivity index (χ0n) is 6.24. The molecule has 0 N–H and O–H groups in total. The maximum atomic E-state index is 10.9. The van der Waals surface area contributed by atoms with Gasteiger partial charge in [-0.05, 0) is 0 Å². The Labute approximate surface area is 73.3 Å². The SMILES string of the molecule is CC(=O)OC1CC(=O)N(Cl)C1=O. The molecular formula is C6H6ClNO4. The van der Waals surface area contributed by atoms with Crippen LogP contribution in [0.25, 0.3) is 0 Å². The fourth-order valence-corrected chi connectivity index (χ4v) is 1.05. The fourth-order valence-electron chi connectivity index (χ4n) is 0.868. The third kappa shape index (κ3) is 1.55. The molecule has 1 rings (SSSR count). The van der Waals surface area contributed by atoms with Crippen molar-refractivity contribution < 1.29 is 19.1 Å². The van der Waals surface area contributed by atoms with E-state index in [1.165, 1.54) is 0 Å². The largest absolute Gasteiger partial charge is 0.452 e. The number of halogens is 1. The van der Waals surface area contributed by atoms with E-state index in [9.17, 15) is 14.4 Å². The number of carbonyl (C=O) groups is 3. The molecule has 0 spiro atoms. The van der Waals surface area contributed by atoms with Gasteiger partial charge in [0, 0.05) is 18.7 Å². The van der Waals surface area contributed by atoms with Crippen molar-refractivity contribution in [3.05, 3.63) is 0 Å². The summed E-state index contributed by atoms with van der Waals surface area (Å²) in [4.78, 5) is 32.1. The van der Waals surface area contributed by atoms with Gasteiger partial charge in [0.15, 0.2) is 6.10 Å². The number of hydrogen-bond acceptors (Lipinski definition) is 4. The van der Waals surface area contributed by atoms with E-state index in [0.29, 0.717) is 4.42 Å². The zero-order chi connectivity index (χ0) is 9.30. The Morgan fingerprint density at radius 1 is 1.67 bits per heavy atom. The lowest BCUT2D eigenvalue weighted by Crippen LogP contribution is -2.26. The van der Waals surface area contributed by atoms with Gasteiger partial charge in [-0.1, -0.05) is 0 Å². The third-order valence-corrected chi connectivity index (χ3v) is 1.71. The van der Waals surface area contributed by atoms with Crippen molar-refractivity contribution in [1.82, 2.24) is 4.42 Å². The minimum absolute atomic E-state index is 0.165. The van der Waals surface area contributed by atoms with Crippen LogP contribution in [0.15, 0.2) is 0 Å². The van der Waals surface area contributed by atoms with Crippen LogP contribution in [-0.4, -0.2) is 28.3 Å². The highest BCUT2D eigenvalue weighted by molar-refractivity contribution is 6.33. The maximum Gasteiger partial charge on any atom is 0.303 e. The van der Waals surface area contributed by atoms with E-state index in [2.05, 4.69) is 4.74 Å². The van der Waals surface area contributed by atoms with E-state index in [-0.39, 0.29) is 6.42 Å². The summed E-state index contributed by atoms with van der Waals surface area (Å²) in [6, 6.07) is 0. The molecule has 1 heterocycles. The summed E-state index contributed by atoms with van der Waals surface area (Å²) < 4.78 is 4.97. The fraction of sp³-hybridized carbons (Fsp3) is 0.500. The lowest BCUT2D eigenvalue weighted by Gasteiger charge is -2.05. The van der Waals surface area contributed by atoms with E-state index >= 15 is 0 Å². The first-order valence-electron chi connectivity index (χ1n) is 3.22. The second-order valence-corrected chi connectivity index (χ2v) is 2.65. The first-order chi connectivity index (χ1) is 5.52. The number of amides is 2.